The molecule has 2 fully saturated rings. The second-order valence-electron chi connectivity index (χ2n) is 7.81. The molecule has 1 saturated carbocycles. The minimum Gasteiger partial charge on any atom is -0.396 e. The Hall–Kier alpha value is -1.36. The number of benzene rings is 1. The van der Waals surface area contributed by atoms with Crippen molar-refractivity contribution in [2.45, 2.75) is 57.2 Å². The fraction of sp³-hybridized carbons (Fsp3) is 0.619. The molecule has 0 unspecified atom stereocenters. The Labute approximate surface area is 150 Å². The first kappa shape index (κ1) is 17.1. The predicted octanol–water partition coefficient (Wildman–Crippen LogP) is 3.37. The van der Waals surface area contributed by atoms with Crippen molar-refractivity contribution in [3.63, 3.8) is 0 Å². The van der Waals surface area contributed by atoms with Gasteiger partial charge in [-0.2, -0.15) is 0 Å². The molecule has 0 amide bonds. The highest BCUT2D eigenvalue weighted by atomic mass is 16.3. The maximum absolute atomic E-state index is 9.55. The summed E-state index contributed by atoms with van der Waals surface area (Å²) in [4.78, 5) is 8.84. The van der Waals surface area contributed by atoms with Crippen LogP contribution in [0.1, 0.15) is 44.2 Å². The van der Waals surface area contributed by atoms with Gasteiger partial charge in [0, 0.05) is 56.1 Å². The Bertz CT molecular complexity index is 644. The smallest absolute Gasteiger partial charge is 0.0456 e. The first-order valence-corrected chi connectivity index (χ1v) is 9.99. The Kier molecular flexibility index (Phi) is 5.39. The van der Waals surface area contributed by atoms with Gasteiger partial charge in [0.15, 0.2) is 0 Å². The molecular weight excluding hydrogens is 310 g/mol. The van der Waals surface area contributed by atoms with Gasteiger partial charge < -0.3 is 10.1 Å². The predicted molar refractivity (Wildman–Crippen MR) is 103 cm³/mol. The number of rotatable bonds is 5. The maximum atomic E-state index is 9.55. The van der Waals surface area contributed by atoms with Gasteiger partial charge in [0.05, 0.1) is 0 Å². The highest BCUT2D eigenvalue weighted by molar-refractivity contribution is 5.80. The van der Waals surface area contributed by atoms with Crippen LogP contribution in [0.25, 0.3) is 10.9 Å². The molecule has 4 heteroatoms. The van der Waals surface area contributed by atoms with Gasteiger partial charge in [0.1, 0.15) is 0 Å². The number of para-hydroxylation sites is 1. The summed E-state index contributed by atoms with van der Waals surface area (Å²) < 4.78 is 0. The number of aliphatic hydroxyl groups is 1. The van der Waals surface area contributed by atoms with Crippen LogP contribution in [0.15, 0.2) is 30.3 Å². The van der Waals surface area contributed by atoms with Crippen LogP contribution in [0, 0.1) is 0 Å². The van der Waals surface area contributed by atoms with Crippen LogP contribution in [0.4, 0.5) is 0 Å². The third-order valence-electron chi connectivity index (χ3n) is 6.10. The van der Waals surface area contributed by atoms with E-state index in [1.54, 1.807) is 0 Å². The van der Waals surface area contributed by atoms with E-state index in [0.29, 0.717) is 12.6 Å². The van der Waals surface area contributed by atoms with Crippen LogP contribution >= 0.6 is 0 Å². The summed E-state index contributed by atoms with van der Waals surface area (Å²) in [6, 6.07) is 12.0. The van der Waals surface area contributed by atoms with Crippen molar-refractivity contribution < 1.29 is 5.11 Å². The lowest BCUT2D eigenvalue weighted by Gasteiger charge is -2.46. The van der Waals surface area contributed by atoms with Crippen molar-refractivity contribution in [1.29, 1.82) is 0 Å². The minimum absolute atomic E-state index is 0.300. The number of hydrogen-bond acceptors (Lipinski definition) is 3. The topological polar surface area (TPSA) is 42.5 Å². The standard InChI is InChI=1S/C21H31N3O/c25-13-10-20-16-23(11-12-24(20)19-7-2-1-3-8-19)15-18-14-17-6-4-5-9-21(17)22-18/h4-6,9,14,19-20,22,25H,1-3,7-8,10-13,15-16H2/t20-/m0/s1. The van der Waals surface area contributed by atoms with Crippen molar-refractivity contribution in [1.82, 2.24) is 14.8 Å². The van der Waals surface area contributed by atoms with E-state index in [4.69, 9.17) is 0 Å². The molecule has 2 aliphatic rings. The molecule has 1 aliphatic carbocycles. The molecule has 1 atom stereocenters. The maximum Gasteiger partial charge on any atom is 0.0456 e. The molecule has 2 heterocycles. The second-order valence-corrected chi connectivity index (χ2v) is 7.81. The van der Waals surface area contributed by atoms with E-state index in [1.807, 2.05) is 0 Å². The molecule has 2 N–H and O–H groups in total. The van der Waals surface area contributed by atoms with Crippen LogP contribution in [-0.2, 0) is 6.54 Å². The van der Waals surface area contributed by atoms with E-state index in [2.05, 4.69) is 45.1 Å². The molecule has 25 heavy (non-hydrogen) atoms. The van der Waals surface area contributed by atoms with Crippen LogP contribution in [0.3, 0.4) is 0 Å². The SMILES string of the molecule is OCC[C@H]1CN(Cc2cc3ccccc3[nH]2)CCN1C1CCCCC1. The van der Waals surface area contributed by atoms with E-state index in [0.717, 1.165) is 38.6 Å². The molecule has 0 bridgehead atoms. The van der Waals surface area contributed by atoms with Crippen LogP contribution in [0.5, 0.6) is 0 Å². The third kappa shape index (κ3) is 3.91. The van der Waals surface area contributed by atoms with E-state index in [-0.39, 0.29) is 0 Å². The number of piperazine rings is 1. The molecule has 136 valence electrons. The molecule has 2 aromatic rings. The zero-order valence-corrected chi connectivity index (χ0v) is 15.2. The van der Waals surface area contributed by atoms with E-state index in [9.17, 15) is 5.11 Å². The van der Waals surface area contributed by atoms with Crippen molar-refractivity contribution in [2.24, 2.45) is 0 Å². The molecular formula is C21H31N3O. The fourth-order valence-corrected chi connectivity index (χ4v) is 4.84. The molecule has 0 radical (unpaired) electrons. The monoisotopic (exact) mass is 341 g/mol. The van der Waals surface area contributed by atoms with Crippen LogP contribution in [-0.4, -0.2) is 58.2 Å². The van der Waals surface area contributed by atoms with Crippen LogP contribution in [0.2, 0.25) is 0 Å². The van der Waals surface area contributed by atoms with Crippen LogP contribution < -0.4 is 0 Å². The summed E-state index contributed by atoms with van der Waals surface area (Å²) in [6.07, 6.45) is 7.77. The Morgan fingerprint density at radius 1 is 1.08 bits per heavy atom. The quantitative estimate of drug-likeness (QED) is 0.876. The molecule has 4 rings (SSSR count). The third-order valence-corrected chi connectivity index (χ3v) is 6.10. The highest BCUT2D eigenvalue weighted by Gasteiger charge is 2.32. The highest BCUT2D eigenvalue weighted by Crippen LogP contribution is 2.27. The first-order valence-electron chi connectivity index (χ1n) is 9.99. The minimum atomic E-state index is 0.300. The molecule has 0 spiro atoms. The lowest BCUT2D eigenvalue weighted by atomic mass is 9.92. The summed E-state index contributed by atoms with van der Waals surface area (Å²) in [7, 11) is 0. The summed E-state index contributed by atoms with van der Waals surface area (Å²) in [6.45, 7) is 4.64. The van der Waals surface area contributed by atoms with Gasteiger partial charge in [-0.1, -0.05) is 37.5 Å². The Morgan fingerprint density at radius 3 is 2.72 bits per heavy atom. The van der Waals surface area contributed by atoms with Gasteiger partial charge in [-0.05, 0) is 36.8 Å². The lowest BCUT2D eigenvalue weighted by Crippen LogP contribution is -2.56. The first-order chi connectivity index (χ1) is 12.3. The zero-order chi connectivity index (χ0) is 17.1. The molecule has 1 aromatic heterocycles. The van der Waals surface area contributed by atoms with E-state index in [1.165, 1.54) is 48.7 Å². The van der Waals surface area contributed by atoms with Crippen molar-refractivity contribution >= 4 is 10.9 Å². The molecule has 4 nitrogen and oxygen atoms in total. The number of hydrogen-bond donors (Lipinski definition) is 2. The fourth-order valence-electron chi connectivity index (χ4n) is 4.84. The number of H-pyrrole nitrogens is 1. The van der Waals surface area contributed by atoms with Gasteiger partial charge >= 0.3 is 0 Å². The average molecular weight is 341 g/mol. The van der Waals surface area contributed by atoms with Gasteiger partial charge in [0.2, 0.25) is 0 Å². The second kappa shape index (κ2) is 7.90. The van der Waals surface area contributed by atoms with Gasteiger partial charge in [-0.15, -0.1) is 0 Å². The summed E-state index contributed by atoms with van der Waals surface area (Å²) in [5, 5.41) is 10.9. The lowest BCUT2D eigenvalue weighted by molar-refractivity contribution is 0.0133. The van der Waals surface area contributed by atoms with Crippen molar-refractivity contribution in [3.05, 3.63) is 36.0 Å². The van der Waals surface area contributed by atoms with Gasteiger partial charge in [-0.3, -0.25) is 9.80 Å². The van der Waals surface area contributed by atoms with Crippen molar-refractivity contribution in [2.75, 3.05) is 26.2 Å². The number of aromatic amines is 1. The zero-order valence-electron chi connectivity index (χ0n) is 15.2. The number of fused-ring (bicyclic) bond motifs is 1. The molecule has 1 saturated heterocycles. The summed E-state index contributed by atoms with van der Waals surface area (Å²) >= 11 is 0. The number of nitrogens with zero attached hydrogens (tertiary/aromatic N) is 2. The number of aliphatic hydroxyl groups excluding tert-OH is 1. The molecule has 1 aromatic carbocycles. The van der Waals surface area contributed by atoms with Gasteiger partial charge in [-0.25, -0.2) is 0 Å². The normalized spacial score (nSPS) is 24.1. The summed E-state index contributed by atoms with van der Waals surface area (Å²) in [5.41, 5.74) is 2.53. The number of aromatic nitrogens is 1. The van der Waals surface area contributed by atoms with E-state index < -0.39 is 0 Å². The number of nitrogens with one attached hydrogen (secondary N) is 1. The van der Waals surface area contributed by atoms with Gasteiger partial charge in [0.25, 0.3) is 0 Å². The van der Waals surface area contributed by atoms with Crippen molar-refractivity contribution in [3.8, 4) is 0 Å². The summed E-state index contributed by atoms with van der Waals surface area (Å²) in [5.74, 6) is 0. The Morgan fingerprint density at radius 2 is 1.92 bits per heavy atom. The average Bonchev–Trinajstić information content (AvgIpc) is 3.05. The Balaban J connectivity index is 1.42. The largest absolute Gasteiger partial charge is 0.396 e. The van der Waals surface area contributed by atoms with E-state index >= 15 is 0 Å². The molecule has 1 aliphatic heterocycles.